The van der Waals surface area contributed by atoms with Crippen molar-refractivity contribution in [1.82, 2.24) is 5.32 Å². The minimum Gasteiger partial charge on any atom is -0.306 e. The van der Waals surface area contributed by atoms with Crippen LogP contribution >= 0.6 is 23.7 Å². The van der Waals surface area contributed by atoms with Gasteiger partial charge in [0.15, 0.2) is 0 Å². The summed E-state index contributed by atoms with van der Waals surface area (Å²) in [6.45, 7) is 3.81. The Kier molecular flexibility index (Phi) is 5.37. The van der Waals surface area contributed by atoms with Gasteiger partial charge in [-0.15, -0.1) is 30.3 Å². The average molecular weight is 244 g/mol. The lowest BCUT2D eigenvalue weighted by atomic mass is 9.96. The van der Waals surface area contributed by atoms with Crippen LogP contribution in [0.5, 0.6) is 0 Å². The summed E-state index contributed by atoms with van der Waals surface area (Å²) in [5.74, 6) is 0. The van der Waals surface area contributed by atoms with Crippen molar-refractivity contribution in [2.75, 3.05) is 0 Å². The van der Waals surface area contributed by atoms with Gasteiger partial charge in [-0.25, -0.2) is 0 Å². The number of thiophene rings is 1. The summed E-state index contributed by atoms with van der Waals surface area (Å²) in [4.78, 5) is 1.48. The van der Waals surface area contributed by atoms with Crippen LogP contribution in [0.15, 0.2) is 30.2 Å². The highest BCUT2D eigenvalue weighted by molar-refractivity contribution is 7.10. The highest BCUT2D eigenvalue weighted by atomic mass is 35.5. The van der Waals surface area contributed by atoms with E-state index in [1.807, 2.05) is 17.4 Å². The maximum atomic E-state index is 3.81. The average Bonchev–Trinajstić information content (AvgIpc) is 2.71. The second-order valence-electron chi connectivity index (χ2n) is 3.89. The largest absolute Gasteiger partial charge is 0.306 e. The van der Waals surface area contributed by atoms with Gasteiger partial charge in [-0.1, -0.05) is 12.1 Å². The monoisotopic (exact) mass is 243 g/mol. The maximum Gasteiger partial charge on any atom is 0.0417 e. The van der Waals surface area contributed by atoms with Crippen LogP contribution in [0.2, 0.25) is 0 Å². The third kappa shape index (κ3) is 3.33. The summed E-state index contributed by atoms with van der Waals surface area (Å²) >= 11 is 1.86. The zero-order valence-electron chi connectivity index (χ0n) is 8.82. The Hall–Kier alpha value is -0.310. The lowest BCUT2D eigenvalue weighted by molar-refractivity contribution is 0.329. The molecule has 0 radical (unpaired) electrons. The summed E-state index contributed by atoms with van der Waals surface area (Å²) < 4.78 is 0. The van der Waals surface area contributed by atoms with Crippen molar-refractivity contribution < 1.29 is 0 Å². The topological polar surface area (TPSA) is 12.0 Å². The van der Waals surface area contributed by atoms with Gasteiger partial charge in [-0.2, -0.15) is 0 Å². The molecule has 1 aliphatic heterocycles. The molecule has 0 aromatic carbocycles. The second-order valence-corrected chi connectivity index (χ2v) is 4.87. The fourth-order valence-electron chi connectivity index (χ4n) is 2.12. The molecule has 1 aromatic rings. The Morgan fingerprint density at radius 2 is 2.40 bits per heavy atom. The number of piperidine rings is 1. The van der Waals surface area contributed by atoms with Crippen molar-refractivity contribution >= 4 is 23.7 Å². The van der Waals surface area contributed by atoms with Crippen molar-refractivity contribution in [3.05, 3.63) is 35.0 Å². The molecule has 1 N–H and O–H groups in total. The first-order chi connectivity index (χ1) is 6.90. The van der Waals surface area contributed by atoms with E-state index in [0.717, 1.165) is 6.42 Å². The zero-order valence-corrected chi connectivity index (χ0v) is 10.4. The van der Waals surface area contributed by atoms with E-state index in [2.05, 4.69) is 29.4 Å². The molecule has 1 aliphatic rings. The molecule has 0 aliphatic carbocycles. The van der Waals surface area contributed by atoms with Gasteiger partial charge < -0.3 is 5.32 Å². The van der Waals surface area contributed by atoms with Gasteiger partial charge >= 0.3 is 0 Å². The fourth-order valence-corrected chi connectivity index (χ4v) is 2.94. The predicted octanol–water partition coefficient (Wildman–Crippen LogP) is 3.93. The van der Waals surface area contributed by atoms with Gasteiger partial charge in [0.2, 0.25) is 0 Å². The highest BCUT2D eigenvalue weighted by Gasteiger charge is 2.21. The van der Waals surface area contributed by atoms with Gasteiger partial charge in [0.05, 0.1) is 0 Å². The summed E-state index contributed by atoms with van der Waals surface area (Å²) in [5, 5.41) is 5.86. The van der Waals surface area contributed by atoms with Crippen LogP contribution in [0, 0.1) is 0 Å². The van der Waals surface area contributed by atoms with Gasteiger partial charge in [-0.05, 0) is 37.1 Å². The van der Waals surface area contributed by atoms with Crippen molar-refractivity contribution in [2.45, 2.75) is 37.8 Å². The highest BCUT2D eigenvalue weighted by Crippen LogP contribution is 2.29. The zero-order chi connectivity index (χ0) is 9.80. The Morgan fingerprint density at radius 1 is 1.53 bits per heavy atom. The third-order valence-electron chi connectivity index (χ3n) is 2.82. The van der Waals surface area contributed by atoms with Crippen LogP contribution in [-0.4, -0.2) is 6.04 Å². The van der Waals surface area contributed by atoms with Crippen LogP contribution in [0.4, 0.5) is 0 Å². The van der Waals surface area contributed by atoms with E-state index in [1.54, 1.807) is 0 Å². The van der Waals surface area contributed by atoms with Crippen LogP contribution in [0.3, 0.4) is 0 Å². The molecule has 0 bridgehead atoms. The van der Waals surface area contributed by atoms with Gasteiger partial charge in [0.1, 0.15) is 0 Å². The summed E-state index contributed by atoms with van der Waals surface area (Å²) in [5.41, 5.74) is 0. The van der Waals surface area contributed by atoms with E-state index in [9.17, 15) is 0 Å². The lowest BCUT2D eigenvalue weighted by Gasteiger charge is -2.29. The molecular formula is C12H18ClNS. The van der Waals surface area contributed by atoms with Gasteiger partial charge in [0.25, 0.3) is 0 Å². The SMILES string of the molecule is C=CCC1CCCC(c2cccs2)N1.Cl. The molecule has 84 valence electrons. The van der Waals surface area contributed by atoms with E-state index >= 15 is 0 Å². The quantitative estimate of drug-likeness (QED) is 0.794. The van der Waals surface area contributed by atoms with Crippen molar-refractivity contribution in [1.29, 1.82) is 0 Å². The van der Waals surface area contributed by atoms with E-state index in [1.165, 1.54) is 24.1 Å². The summed E-state index contributed by atoms with van der Waals surface area (Å²) in [6.07, 6.45) is 7.05. The standard InChI is InChI=1S/C12H17NS.ClH/c1-2-5-10-6-3-7-11(13-10)12-8-4-9-14-12;/h2,4,8-11,13H,1,3,5-7H2;1H. The first kappa shape index (κ1) is 12.8. The molecule has 1 fully saturated rings. The Bertz CT molecular complexity index is 284. The van der Waals surface area contributed by atoms with Crippen LogP contribution in [0.1, 0.15) is 36.6 Å². The van der Waals surface area contributed by atoms with E-state index in [0.29, 0.717) is 12.1 Å². The number of rotatable bonds is 3. The molecule has 1 saturated heterocycles. The third-order valence-corrected chi connectivity index (χ3v) is 3.81. The van der Waals surface area contributed by atoms with E-state index in [4.69, 9.17) is 0 Å². The number of hydrogen-bond donors (Lipinski definition) is 1. The normalized spacial score (nSPS) is 25.6. The molecule has 0 amide bonds. The number of hydrogen-bond acceptors (Lipinski definition) is 2. The minimum atomic E-state index is 0. The smallest absolute Gasteiger partial charge is 0.0417 e. The molecule has 3 heteroatoms. The summed E-state index contributed by atoms with van der Waals surface area (Å²) in [7, 11) is 0. The molecule has 2 heterocycles. The van der Waals surface area contributed by atoms with Crippen LogP contribution in [-0.2, 0) is 0 Å². The van der Waals surface area contributed by atoms with Gasteiger partial charge in [0, 0.05) is 17.0 Å². The molecule has 0 spiro atoms. The van der Waals surface area contributed by atoms with Crippen LogP contribution in [0.25, 0.3) is 0 Å². The molecule has 2 atom stereocenters. The van der Waals surface area contributed by atoms with Crippen LogP contribution < -0.4 is 5.32 Å². The summed E-state index contributed by atoms with van der Waals surface area (Å²) in [6, 6.07) is 5.61. The number of halogens is 1. The molecule has 2 rings (SSSR count). The molecule has 1 aromatic heterocycles. The Labute approximate surface area is 102 Å². The predicted molar refractivity (Wildman–Crippen MR) is 69.9 cm³/mol. The fraction of sp³-hybridized carbons (Fsp3) is 0.500. The maximum absolute atomic E-state index is 3.81. The lowest BCUT2D eigenvalue weighted by Crippen LogP contribution is -2.36. The van der Waals surface area contributed by atoms with Crippen molar-refractivity contribution in [3.8, 4) is 0 Å². The Balaban J connectivity index is 0.00000112. The molecular weight excluding hydrogens is 226 g/mol. The minimum absolute atomic E-state index is 0. The first-order valence-electron chi connectivity index (χ1n) is 5.30. The van der Waals surface area contributed by atoms with E-state index < -0.39 is 0 Å². The van der Waals surface area contributed by atoms with Gasteiger partial charge in [-0.3, -0.25) is 0 Å². The van der Waals surface area contributed by atoms with E-state index in [-0.39, 0.29) is 12.4 Å². The van der Waals surface area contributed by atoms with Crippen molar-refractivity contribution in [3.63, 3.8) is 0 Å². The Morgan fingerprint density at radius 3 is 3.07 bits per heavy atom. The molecule has 0 saturated carbocycles. The first-order valence-corrected chi connectivity index (χ1v) is 6.18. The number of nitrogens with one attached hydrogen (secondary N) is 1. The molecule has 2 unspecified atom stereocenters. The molecule has 1 nitrogen and oxygen atoms in total. The molecule has 15 heavy (non-hydrogen) atoms. The van der Waals surface area contributed by atoms with Crippen molar-refractivity contribution in [2.24, 2.45) is 0 Å². The second kappa shape index (κ2) is 6.31.